The molecule has 1 N–H and O–H groups in total. The normalized spacial score (nSPS) is 12.2. The van der Waals surface area contributed by atoms with Crippen molar-refractivity contribution in [1.29, 1.82) is 0 Å². The van der Waals surface area contributed by atoms with Crippen LogP contribution in [0.2, 0.25) is 0 Å². The van der Waals surface area contributed by atoms with Crippen LogP contribution in [0.15, 0.2) is 115 Å². The Bertz CT molecular complexity index is 1170. The van der Waals surface area contributed by atoms with Crippen molar-refractivity contribution in [3.05, 3.63) is 143 Å². The minimum atomic E-state index is -0.238. The third kappa shape index (κ3) is 4.99. The van der Waals surface area contributed by atoms with Gasteiger partial charge in [-0.05, 0) is 40.8 Å². The van der Waals surface area contributed by atoms with Crippen molar-refractivity contribution in [3.8, 4) is 0 Å². The Morgan fingerprint density at radius 3 is 1.90 bits per heavy atom. The van der Waals surface area contributed by atoms with Gasteiger partial charge in [-0.25, -0.2) is 0 Å². The number of hydrogen-bond acceptors (Lipinski definition) is 1. The fourth-order valence-corrected chi connectivity index (χ4v) is 3.72. The van der Waals surface area contributed by atoms with Crippen LogP contribution in [-0.2, 0) is 4.79 Å². The molecule has 0 saturated carbocycles. The Balaban J connectivity index is 1.75. The van der Waals surface area contributed by atoms with Gasteiger partial charge in [-0.1, -0.05) is 115 Å². The summed E-state index contributed by atoms with van der Waals surface area (Å²) in [6.45, 7) is 2.08. The standard InChI is InChI=1S/C29H25NO/c1-22-13-11-12-20-26(22)28(25-18-9-4-10-19-25)30-29(31)27(24-16-7-3-8-17-24)21-23-14-5-2-6-15-23/h2-21,28H,1H3,(H,30,31)/b27-21+. The number of aryl methyl sites for hydroxylation is 1. The monoisotopic (exact) mass is 403 g/mol. The first-order valence-corrected chi connectivity index (χ1v) is 10.5. The van der Waals surface area contributed by atoms with Gasteiger partial charge >= 0.3 is 0 Å². The lowest BCUT2D eigenvalue weighted by Gasteiger charge is -2.22. The zero-order valence-electron chi connectivity index (χ0n) is 17.5. The number of nitrogens with one attached hydrogen (secondary N) is 1. The van der Waals surface area contributed by atoms with Crippen LogP contribution in [0.25, 0.3) is 11.6 Å². The highest BCUT2D eigenvalue weighted by molar-refractivity contribution is 6.24. The Morgan fingerprint density at radius 2 is 1.26 bits per heavy atom. The minimum absolute atomic E-state index is 0.104. The number of rotatable bonds is 6. The summed E-state index contributed by atoms with van der Waals surface area (Å²) in [4.78, 5) is 13.6. The van der Waals surface area contributed by atoms with E-state index in [-0.39, 0.29) is 11.9 Å². The van der Waals surface area contributed by atoms with E-state index in [1.807, 2.05) is 97.1 Å². The van der Waals surface area contributed by atoms with Gasteiger partial charge in [-0.2, -0.15) is 0 Å². The first-order valence-electron chi connectivity index (χ1n) is 10.5. The van der Waals surface area contributed by atoms with Crippen molar-refractivity contribution < 1.29 is 4.79 Å². The molecule has 0 radical (unpaired) electrons. The molecule has 1 amide bonds. The first-order chi connectivity index (χ1) is 15.2. The molecule has 0 spiro atoms. The molecule has 4 aromatic carbocycles. The molecule has 0 aromatic heterocycles. The molecule has 4 aromatic rings. The number of carbonyl (C=O) groups excluding carboxylic acids is 1. The average molecular weight is 404 g/mol. The SMILES string of the molecule is Cc1ccccc1C(NC(=O)/C(=C/c1ccccc1)c1ccccc1)c1ccccc1. The summed E-state index contributed by atoms with van der Waals surface area (Å²) in [6.07, 6.45) is 1.95. The van der Waals surface area contributed by atoms with Crippen molar-refractivity contribution in [2.45, 2.75) is 13.0 Å². The lowest BCUT2D eigenvalue weighted by molar-refractivity contribution is -0.116. The maximum atomic E-state index is 13.6. The van der Waals surface area contributed by atoms with Crippen molar-refractivity contribution in [3.63, 3.8) is 0 Å². The lowest BCUT2D eigenvalue weighted by Crippen LogP contribution is -2.30. The van der Waals surface area contributed by atoms with Crippen LogP contribution in [0, 0.1) is 6.92 Å². The van der Waals surface area contributed by atoms with Gasteiger partial charge in [0.25, 0.3) is 5.91 Å². The zero-order chi connectivity index (χ0) is 21.5. The first kappa shape index (κ1) is 20.4. The van der Waals surface area contributed by atoms with E-state index in [4.69, 9.17) is 0 Å². The topological polar surface area (TPSA) is 29.1 Å². The number of amides is 1. The highest BCUT2D eigenvalue weighted by Crippen LogP contribution is 2.27. The molecular formula is C29H25NO. The molecule has 0 aliphatic heterocycles. The van der Waals surface area contributed by atoms with E-state index in [0.717, 1.165) is 27.8 Å². The van der Waals surface area contributed by atoms with E-state index in [9.17, 15) is 4.79 Å². The summed E-state index contributed by atoms with van der Waals surface area (Å²) in [5.41, 5.74) is 5.81. The van der Waals surface area contributed by atoms with E-state index in [0.29, 0.717) is 5.57 Å². The molecule has 0 fully saturated rings. The largest absolute Gasteiger partial charge is 0.341 e. The summed E-state index contributed by atoms with van der Waals surface area (Å²) in [6, 6.07) is 37.8. The molecule has 2 heteroatoms. The Kier molecular flexibility index (Phi) is 6.39. The van der Waals surface area contributed by atoms with Crippen LogP contribution < -0.4 is 5.32 Å². The zero-order valence-corrected chi connectivity index (χ0v) is 17.5. The molecule has 0 heterocycles. The summed E-state index contributed by atoms with van der Waals surface area (Å²) < 4.78 is 0. The smallest absolute Gasteiger partial charge is 0.252 e. The van der Waals surface area contributed by atoms with Crippen LogP contribution in [-0.4, -0.2) is 5.91 Å². The van der Waals surface area contributed by atoms with Gasteiger partial charge in [0, 0.05) is 5.57 Å². The molecule has 0 aliphatic carbocycles. The summed E-state index contributed by atoms with van der Waals surface area (Å²) in [5, 5.41) is 3.30. The van der Waals surface area contributed by atoms with Crippen LogP contribution in [0.4, 0.5) is 0 Å². The average Bonchev–Trinajstić information content (AvgIpc) is 2.83. The second-order valence-corrected chi connectivity index (χ2v) is 7.51. The second kappa shape index (κ2) is 9.73. The molecule has 0 bridgehead atoms. The van der Waals surface area contributed by atoms with E-state index in [1.54, 1.807) is 0 Å². The van der Waals surface area contributed by atoms with E-state index >= 15 is 0 Å². The van der Waals surface area contributed by atoms with Gasteiger partial charge in [0.2, 0.25) is 0 Å². The van der Waals surface area contributed by atoms with Crippen molar-refractivity contribution in [2.75, 3.05) is 0 Å². The fourth-order valence-electron chi connectivity index (χ4n) is 3.72. The Labute approximate surface area is 183 Å². The fraction of sp³-hybridized carbons (Fsp3) is 0.0690. The molecule has 0 aliphatic rings. The van der Waals surface area contributed by atoms with Crippen LogP contribution in [0.1, 0.15) is 33.9 Å². The minimum Gasteiger partial charge on any atom is -0.341 e. The molecule has 2 nitrogen and oxygen atoms in total. The molecule has 152 valence electrons. The summed E-state index contributed by atoms with van der Waals surface area (Å²) in [5.74, 6) is -0.104. The molecule has 1 unspecified atom stereocenters. The summed E-state index contributed by atoms with van der Waals surface area (Å²) >= 11 is 0. The Hall–Kier alpha value is -3.91. The molecule has 31 heavy (non-hydrogen) atoms. The predicted octanol–water partition coefficient (Wildman–Crippen LogP) is 6.44. The maximum Gasteiger partial charge on any atom is 0.252 e. The summed E-state index contributed by atoms with van der Waals surface area (Å²) in [7, 11) is 0. The predicted molar refractivity (Wildman–Crippen MR) is 128 cm³/mol. The van der Waals surface area contributed by atoms with Crippen molar-refractivity contribution in [2.24, 2.45) is 0 Å². The third-order valence-corrected chi connectivity index (χ3v) is 5.35. The highest BCUT2D eigenvalue weighted by Gasteiger charge is 2.21. The highest BCUT2D eigenvalue weighted by atomic mass is 16.1. The number of benzene rings is 4. The van der Waals surface area contributed by atoms with Crippen LogP contribution >= 0.6 is 0 Å². The number of hydrogen-bond donors (Lipinski definition) is 1. The quantitative estimate of drug-likeness (QED) is 0.291. The van der Waals surface area contributed by atoms with Gasteiger partial charge in [-0.3, -0.25) is 4.79 Å². The van der Waals surface area contributed by atoms with Gasteiger partial charge < -0.3 is 5.32 Å². The second-order valence-electron chi connectivity index (χ2n) is 7.51. The number of carbonyl (C=O) groups is 1. The molecule has 1 atom stereocenters. The van der Waals surface area contributed by atoms with Crippen LogP contribution in [0.5, 0.6) is 0 Å². The van der Waals surface area contributed by atoms with Gasteiger partial charge in [0.1, 0.15) is 0 Å². The van der Waals surface area contributed by atoms with E-state index in [1.165, 1.54) is 0 Å². The van der Waals surface area contributed by atoms with Crippen molar-refractivity contribution in [1.82, 2.24) is 5.32 Å². The van der Waals surface area contributed by atoms with Crippen molar-refractivity contribution >= 4 is 17.6 Å². The lowest BCUT2D eigenvalue weighted by atomic mass is 9.94. The van der Waals surface area contributed by atoms with E-state index in [2.05, 4.69) is 36.5 Å². The maximum absolute atomic E-state index is 13.6. The van der Waals surface area contributed by atoms with E-state index < -0.39 is 0 Å². The molecular weight excluding hydrogens is 378 g/mol. The van der Waals surface area contributed by atoms with Crippen LogP contribution in [0.3, 0.4) is 0 Å². The van der Waals surface area contributed by atoms with Gasteiger partial charge in [0.05, 0.1) is 6.04 Å². The molecule has 0 saturated heterocycles. The molecule has 4 rings (SSSR count). The van der Waals surface area contributed by atoms with Gasteiger partial charge in [-0.15, -0.1) is 0 Å². The third-order valence-electron chi connectivity index (χ3n) is 5.35. The Morgan fingerprint density at radius 1 is 0.710 bits per heavy atom. The van der Waals surface area contributed by atoms with Gasteiger partial charge in [0.15, 0.2) is 0 Å².